The Hall–Kier alpha value is -2.02. The fourth-order valence-electron chi connectivity index (χ4n) is 3.34. The van der Waals surface area contributed by atoms with Crippen LogP contribution in [0.1, 0.15) is 50.9 Å². The van der Waals surface area contributed by atoms with Gasteiger partial charge in [0.15, 0.2) is 17.0 Å². The van der Waals surface area contributed by atoms with Gasteiger partial charge in [0.2, 0.25) is 0 Å². The number of anilines is 2. The maximum absolute atomic E-state index is 4.73. The van der Waals surface area contributed by atoms with E-state index in [1.165, 1.54) is 18.4 Å². The van der Waals surface area contributed by atoms with Crippen molar-refractivity contribution in [2.45, 2.75) is 53.0 Å². The van der Waals surface area contributed by atoms with E-state index < -0.39 is 0 Å². The molecule has 142 valence electrons. The van der Waals surface area contributed by atoms with Gasteiger partial charge < -0.3 is 4.90 Å². The molecule has 6 nitrogen and oxygen atoms in total. The zero-order valence-electron chi connectivity index (χ0n) is 16.3. The Kier molecular flexibility index (Phi) is 4.88. The standard InChI is InChI=1S/C20H25BrN6/c1-5-26(17-9-8-15(12(2)3)10-16(17)21)19-18-20(23-13(4)22-19)27(25-24-18)11-14-6-7-14/h8-10,12,14H,5-7,11H2,1-4H3. The predicted octanol–water partition coefficient (Wildman–Crippen LogP) is 4.98. The molecular formula is C20H25BrN6. The first-order chi connectivity index (χ1) is 13.0. The van der Waals surface area contributed by atoms with E-state index in [1.807, 2.05) is 11.6 Å². The van der Waals surface area contributed by atoms with Crippen LogP contribution in [0.2, 0.25) is 0 Å². The summed E-state index contributed by atoms with van der Waals surface area (Å²) < 4.78 is 3.00. The van der Waals surface area contributed by atoms with Crippen LogP contribution in [0.4, 0.5) is 11.5 Å². The molecule has 27 heavy (non-hydrogen) atoms. The Bertz CT molecular complexity index is 976. The van der Waals surface area contributed by atoms with Gasteiger partial charge in [-0.05, 0) is 72.2 Å². The van der Waals surface area contributed by atoms with Crippen LogP contribution in [0.3, 0.4) is 0 Å². The van der Waals surface area contributed by atoms with E-state index in [9.17, 15) is 0 Å². The van der Waals surface area contributed by atoms with Crippen LogP contribution in [0.15, 0.2) is 22.7 Å². The van der Waals surface area contributed by atoms with Crippen molar-refractivity contribution >= 4 is 38.6 Å². The molecule has 3 aromatic rings. The molecular weight excluding hydrogens is 404 g/mol. The summed E-state index contributed by atoms with van der Waals surface area (Å²) in [5.74, 6) is 2.76. The largest absolute Gasteiger partial charge is 0.324 e. The summed E-state index contributed by atoms with van der Waals surface area (Å²) in [6.45, 7) is 10.1. The van der Waals surface area contributed by atoms with E-state index in [0.29, 0.717) is 11.8 Å². The third-order valence-corrected chi connectivity index (χ3v) is 5.72. The summed E-state index contributed by atoms with van der Waals surface area (Å²) in [5, 5.41) is 8.81. The number of aromatic nitrogens is 5. The van der Waals surface area contributed by atoms with Gasteiger partial charge in [-0.3, -0.25) is 0 Å². The maximum atomic E-state index is 4.73. The minimum Gasteiger partial charge on any atom is -0.324 e. The van der Waals surface area contributed by atoms with E-state index in [-0.39, 0.29) is 0 Å². The molecule has 0 atom stereocenters. The van der Waals surface area contributed by atoms with Crippen molar-refractivity contribution in [3.8, 4) is 0 Å². The molecule has 0 unspecified atom stereocenters. The van der Waals surface area contributed by atoms with Crippen LogP contribution in [0.25, 0.3) is 11.2 Å². The Morgan fingerprint density at radius 1 is 1.26 bits per heavy atom. The van der Waals surface area contributed by atoms with Crippen molar-refractivity contribution in [1.82, 2.24) is 25.0 Å². The Balaban J connectivity index is 1.80. The quantitative estimate of drug-likeness (QED) is 0.553. The molecule has 4 rings (SSSR count). The molecule has 7 heteroatoms. The van der Waals surface area contributed by atoms with Gasteiger partial charge in [0.25, 0.3) is 0 Å². The van der Waals surface area contributed by atoms with Crippen LogP contribution in [-0.4, -0.2) is 31.5 Å². The van der Waals surface area contributed by atoms with Gasteiger partial charge in [-0.25, -0.2) is 14.6 Å². The lowest BCUT2D eigenvalue weighted by atomic mass is 10.0. The van der Waals surface area contributed by atoms with Crippen molar-refractivity contribution in [3.63, 3.8) is 0 Å². The smallest absolute Gasteiger partial charge is 0.184 e. The average Bonchev–Trinajstić information content (AvgIpc) is 3.36. The molecule has 1 fully saturated rings. The summed E-state index contributed by atoms with van der Waals surface area (Å²) in [7, 11) is 0. The van der Waals surface area contributed by atoms with Gasteiger partial charge in [-0.1, -0.05) is 25.1 Å². The van der Waals surface area contributed by atoms with Crippen LogP contribution < -0.4 is 4.90 Å². The maximum Gasteiger partial charge on any atom is 0.184 e. The number of rotatable bonds is 6. The molecule has 0 bridgehead atoms. The summed E-state index contributed by atoms with van der Waals surface area (Å²) in [6.07, 6.45) is 2.54. The molecule has 2 heterocycles. The normalized spacial score (nSPS) is 14.3. The highest BCUT2D eigenvalue weighted by molar-refractivity contribution is 9.10. The first kappa shape index (κ1) is 18.3. The Morgan fingerprint density at radius 3 is 2.67 bits per heavy atom. The third-order valence-electron chi connectivity index (χ3n) is 5.09. The lowest BCUT2D eigenvalue weighted by Crippen LogP contribution is -2.19. The van der Waals surface area contributed by atoms with Crippen molar-refractivity contribution in [2.75, 3.05) is 11.4 Å². The molecule has 0 saturated heterocycles. The summed E-state index contributed by atoms with van der Waals surface area (Å²) in [5.41, 5.74) is 3.99. The predicted molar refractivity (Wildman–Crippen MR) is 111 cm³/mol. The van der Waals surface area contributed by atoms with Crippen molar-refractivity contribution in [1.29, 1.82) is 0 Å². The lowest BCUT2D eigenvalue weighted by Gasteiger charge is -2.24. The highest BCUT2D eigenvalue weighted by atomic mass is 79.9. The number of benzene rings is 1. The van der Waals surface area contributed by atoms with Gasteiger partial charge in [-0.2, -0.15) is 0 Å². The zero-order chi connectivity index (χ0) is 19.1. The second kappa shape index (κ2) is 7.19. The van der Waals surface area contributed by atoms with Crippen molar-refractivity contribution in [3.05, 3.63) is 34.1 Å². The molecule has 2 aromatic heterocycles. The first-order valence-corrected chi connectivity index (χ1v) is 10.4. The van der Waals surface area contributed by atoms with E-state index in [1.54, 1.807) is 0 Å². The molecule has 0 aliphatic heterocycles. The Labute approximate surface area is 168 Å². The highest BCUT2D eigenvalue weighted by Gasteiger charge is 2.26. The second-order valence-electron chi connectivity index (χ2n) is 7.59. The second-order valence-corrected chi connectivity index (χ2v) is 8.45. The highest BCUT2D eigenvalue weighted by Crippen LogP contribution is 2.36. The van der Waals surface area contributed by atoms with Crippen LogP contribution in [0, 0.1) is 12.8 Å². The van der Waals surface area contributed by atoms with E-state index in [0.717, 1.165) is 46.1 Å². The fraction of sp³-hybridized carbons (Fsp3) is 0.500. The molecule has 0 N–H and O–H groups in total. The number of nitrogens with zero attached hydrogens (tertiary/aromatic N) is 6. The van der Waals surface area contributed by atoms with Gasteiger partial charge in [0.05, 0.1) is 5.69 Å². The molecule has 1 aliphatic carbocycles. The molecule has 0 spiro atoms. The summed E-state index contributed by atoms with van der Waals surface area (Å²) in [6, 6.07) is 6.53. The van der Waals surface area contributed by atoms with Crippen LogP contribution >= 0.6 is 15.9 Å². The zero-order valence-corrected chi connectivity index (χ0v) is 17.9. The van der Waals surface area contributed by atoms with E-state index in [4.69, 9.17) is 4.98 Å². The van der Waals surface area contributed by atoms with Crippen molar-refractivity contribution in [2.24, 2.45) is 5.92 Å². The summed E-state index contributed by atoms with van der Waals surface area (Å²) in [4.78, 5) is 11.6. The lowest BCUT2D eigenvalue weighted by molar-refractivity contribution is 0.555. The van der Waals surface area contributed by atoms with Crippen LogP contribution in [0.5, 0.6) is 0 Å². The molecule has 0 amide bonds. The van der Waals surface area contributed by atoms with Gasteiger partial charge in [0, 0.05) is 17.6 Å². The van der Waals surface area contributed by atoms with E-state index >= 15 is 0 Å². The number of aryl methyl sites for hydroxylation is 1. The summed E-state index contributed by atoms with van der Waals surface area (Å²) >= 11 is 3.76. The monoisotopic (exact) mass is 428 g/mol. The Morgan fingerprint density at radius 2 is 2.04 bits per heavy atom. The number of hydrogen-bond acceptors (Lipinski definition) is 5. The SMILES string of the molecule is CCN(c1ccc(C(C)C)cc1Br)c1nc(C)nc2c1nnn2CC1CC1. The topological polar surface area (TPSA) is 59.7 Å². The average molecular weight is 429 g/mol. The minimum absolute atomic E-state index is 0.487. The van der Waals surface area contributed by atoms with Gasteiger partial charge >= 0.3 is 0 Å². The number of hydrogen-bond donors (Lipinski definition) is 0. The molecule has 1 saturated carbocycles. The number of halogens is 1. The minimum atomic E-state index is 0.487. The van der Waals surface area contributed by atoms with E-state index in [2.05, 4.69) is 75.1 Å². The van der Waals surface area contributed by atoms with Crippen molar-refractivity contribution < 1.29 is 0 Å². The molecule has 1 aliphatic rings. The van der Waals surface area contributed by atoms with Gasteiger partial charge in [0.1, 0.15) is 5.82 Å². The fourth-order valence-corrected chi connectivity index (χ4v) is 3.95. The number of fused-ring (bicyclic) bond motifs is 1. The van der Waals surface area contributed by atoms with Crippen LogP contribution in [-0.2, 0) is 6.54 Å². The third kappa shape index (κ3) is 3.57. The molecule has 0 radical (unpaired) electrons. The van der Waals surface area contributed by atoms with Gasteiger partial charge in [-0.15, -0.1) is 5.10 Å². The first-order valence-electron chi connectivity index (χ1n) is 9.62. The molecule has 1 aromatic carbocycles.